The minimum absolute atomic E-state index is 0.158. The molecule has 1 aromatic rings. The number of benzene rings is 1. The summed E-state index contributed by atoms with van der Waals surface area (Å²) in [6.45, 7) is 7.02. The summed E-state index contributed by atoms with van der Waals surface area (Å²) in [5.41, 5.74) is 14.9. The largest absolute Gasteiger partial charge is 0.379 e. The van der Waals surface area contributed by atoms with E-state index in [2.05, 4.69) is 31.3 Å². The van der Waals surface area contributed by atoms with Gasteiger partial charge in [0, 0.05) is 23.7 Å². The van der Waals surface area contributed by atoms with E-state index in [-0.39, 0.29) is 45.2 Å². The van der Waals surface area contributed by atoms with E-state index in [9.17, 15) is 19.2 Å². The number of carbonyl (C=O) groups excluding carboxylic acids is 4. The molecule has 5 amide bonds. The van der Waals surface area contributed by atoms with E-state index in [1.807, 2.05) is 19.1 Å². The number of hydrogen-bond donors (Lipinski definition) is 5. The number of amides is 5. The van der Waals surface area contributed by atoms with Crippen LogP contribution in [0.5, 0.6) is 0 Å². The van der Waals surface area contributed by atoms with Crippen LogP contribution >= 0.6 is 0 Å². The first-order valence-corrected chi connectivity index (χ1v) is 13.4. The minimum Gasteiger partial charge on any atom is -0.379 e. The van der Waals surface area contributed by atoms with Crippen molar-refractivity contribution in [2.45, 2.75) is 45.7 Å². The molecule has 41 heavy (non-hydrogen) atoms. The number of rotatable bonds is 21. The van der Waals surface area contributed by atoms with Crippen LogP contribution in [0.25, 0.3) is 10.4 Å². The molecule has 1 aromatic carbocycles. The lowest BCUT2D eigenvalue weighted by atomic mass is 10.0. The summed E-state index contributed by atoms with van der Waals surface area (Å²) in [6.07, 6.45) is 0.607. The van der Waals surface area contributed by atoms with Crippen LogP contribution in [0.2, 0.25) is 0 Å². The zero-order valence-corrected chi connectivity index (χ0v) is 23.9. The van der Waals surface area contributed by atoms with Gasteiger partial charge in [0.2, 0.25) is 17.7 Å². The topological polar surface area (TPSA) is 219 Å². The van der Waals surface area contributed by atoms with Crippen molar-refractivity contribution < 1.29 is 33.4 Å². The Morgan fingerprint density at radius 1 is 0.951 bits per heavy atom. The van der Waals surface area contributed by atoms with Gasteiger partial charge < -0.3 is 41.2 Å². The summed E-state index contributed by atoms with van der Waals surface area (Å²) < 4.78 is 15.9. The highest BCUT2D eigenvalue weighted by Gasteiger charge is 2.28. The van der Waals surface area contributed by atoms with Crippen molar-refractivity contribution in [1.82, 2.24) is 16.0 Å². The Labute approximate surface area is 239 Å². The van der Waals surface area contributed by atoms with Gasteiger partial charge in [-0.25, -0.2) is 4.79 Å². The fraction of sp³-hybridized carbons (Fsp3) is 0.615. The van der Waals surface area contributed by atoms with Crippen molar-refractivity contribution >= 4 is 29.4 Å². The first kappa shape index (κ1) is 35.1. The van der Waals surface area contributed by atoms with E-state index in [4.69, 9.17) is 25.5 Å². The van der Waals surface area contributed by atoms with Crippen LogP contribution in [0.1, 0.15) is 32.3 Å². The van der Waals surface area contributed by atoms with E-state index in [1.165, 1.54) is 0 Å². The number of carbonyl (C=O) groups is 4. The number of hydrogen-bond acceptors (Lipinski definition) is 8. The molecule has 15 heteroatoms. The summed E-state index contributed by atoms with van der Waals surface area (Å²) in [4.78, 5) is 52.2. The molecule has 0 aliphatic heterocycles. The number of urea groups is 1. The van der Waals surface area contributed by atoms with Crippen LogP contribution < -0.4 is 27.0 Å². The molecule has 0 aliphatic carbocycles. The lowest BCUT2D eigenvalue weighted by Crippen LogP contribution is -2.55. The third kappa shape index (κ3) is 16.7. The van der Waals surface area contributed by atoms with Crippen LogP contribution in [-0.4, -0.2) is 88.6 Å². The Kier molecular flexibility index (Phi) is 17.9. The van der Waals surface area contributed by atoms with Gasteiger partial charge in [-0.3, -0.25) is 14.4 Å². The molecule has 0 spiro atoms. The molecular formula is C26H42N8O7. The third-order valence-electron chi connectivity index (χ3n) is 5.56. The van der Waals surface area contributed by atoms with Crippen molar-refractivity contribution in [2.75, 3.05) is 58.0 Å². The van der Waals surface area contributed by atoms with Crippen molar-refractivity contribution in [2.24, 2.45) is 16.8 Å². The Balaban J connectivity index is 2.57. The zero-order chi connectivity index (χ0) is 30.5. The molecule has 15 nitrogen and oxygen atoms in total. The van der Waals surface area contributed by atoms with Gasteiger partial charge in [0.05, 0.1) is 33.0 Å². The maximum atomic E-state index is 13.1. The summed E-state index contributed by atoms with van der Waals surface area (Å²) in [5, 5.41) is 14.0. The summed E-state index contributed by atoms with van der Waals surface area (Å²) in [5.74, 6) is -1.73. The van der Waals surface area contributed by atoms with Crippen LogP contribution in [0.3, 0.4) is 0 Å². The van der Waals surface area contributed by atoms with Crippen LogP contribution in [0.15, 0.2) is 29.4 Å². The number of nitrogens with one attached hydrogen (secondary N) is 4. The number of ether oxygens (including phenoxy) is 3. The maximum absolute atomic E-state index is 13.1. The second-order valence-electron chi connectivity index (χ2n) is 9.37. The van der Waals surface area contributed by atoms with E-state index in [0.29, 0.717) is 31.9 Å². The smallest absolute Gasteiger partial charge is 0.312 e. The summed E-state index contributed by atoms with van der Waals surface area (Å²) in [6, 6.07) is 4.69. The van der Waals surface area contributed by atoms with E-state index in [1.54, 1.807) is 26.0 Å². The molecule has 1 rings (SSSR count). The average molecular weight is 579 g/mol. The molecule has 0 saturated heterocycles. The molecule has 0 radical (unpaired) electrons. The van der Waals surface area contributed by atoms with Crippen molar-refractivity contribution in [1.29, 1.82) is 0 Å². The molecular weight excluding hydrogens is 536 g/mol. The fourth-order valence-electron chi connectivity index (χ4n) is 3.42. The highest BCUT2D eigenvalue weighted by atomic mass is 16.5. The van der Waals surface area contributed by atoms with Crippen molar-refractivity contribution in [3.8, 4) is 0 Å². The highest BCUT2D eigenvalue weighted by molar-refractivity contribution is 5.98. The molecule has 2 atom stereocenters. The number of primary amides is 1. The molecule has 0 fully saturated rings. The Morgan fingerprint density at radius 2 is 1.59 bits per heavy atom. The fourth-order valence-corrected chi connectivity index (χ4v) is 3.42. The minimum atomic E-state index is -0.923. The third-order valence-corrected chi connectivity index (χ3v) is 5.56. The Hall–Kier alpha value is -3.91. The second-order valence-corrected chi connectivity index (χ2v) is 9.37. The van der Waals surface area contributed by atoms with Crippen molar-refractivity contribution in [3.63, 3.8) is 0 Å². The van der Waals surface area contributed by atoms with E-state index < -0.39 is 35.8 Å². The molecule has 0 heterocycles. The van der Waals surface area contributed by atoms with Crippen LogP contribution in [0, 0.1) is 12.8 Å². The number of anilines is 1. The first-order chi connectivity index (χ1) is 19.6. The predicted molar refractivity (Wildman–Crippen MR) is 152 cm³/mol. The average Bonchev–Trinajstić information content (AvgIpc) is 2.92. The molecule has 6 N–H and O–H groups in total. The normalized spacial score (nSPS) is 12.1. The van der Waals surface area contributed by atoms with Crippen LogP contribution in [-0.2, 0) is 28.6 Å². The molecule has 0 aliphatic rings. The van der Waals surface area contributed by atoms with Gasteiger partial charge in [0.25, 0.3) is 0 Å². The van der Waals surface area contributed by atoms with E-state index in [0.717, 1.165) is 5.56 Å². The lowest BCUT2D eigenvalue weighted by molar-refractivity contribution is -0.134. The standard InChI is InChI=1S/C26H42N8O7/c1-18(2)23(33-22(35)17-41-16-15-40-14-13-39-12-11-30-34-28)25(37)32-21(5-4-10-29-26(27)38)24(36)31-20-8-6-19(3)7-9-20/h6-9,18,21,23H,4-5,10-17H2,1-3H3,(H,31,36)(H,32,37)(H,33,35)(H3,27,29,38). The number of nitrogens with two attached hydrogens (primary N) is 1. The van der Waals surface area contributed by atoms with Crippen LogP contribution in [0.4, 0.5) is 10.5 Å². The molecule has 2 unspecified atom stereocenters. The molecule has 228 valence electrons. The lowest BCUT2D eigenvalue weighted by Gasteiger charge is -2.25. The molecule has 0 saturated carbocycles. The van der Waals surface area contributed by atoms with Gasteiger partial charge in [0.1, 0.15) is 18.7 Å². The quantitative estimate of drug-likeness (QED) is 0.0623. The van der Waals surface area contributed by atoms with Gasteiger partial charge in [0.15, 0.2) is 0 Å². The molecule has 0 bridgehead atoms. The number of azide groups is 1. The van der Waals surface area contributed by atoms with Crippen molar-refractivity contribution in [3.05, 3.63) is 40.3 Å². The monoisotopic (exact) mass is 578 g/mol. The first-order valence-electron chi connectivity index (χ1n) is 13.4. The van der Waals surface area contributed by atoms with Gasteiger partial charge in [-0.2, -0.15) is 0 Å². The SMILES string of the molecule is Cc1ccc(NC(=O)C(CCCNC(N)=O)NC(=O)C(NC(=O)COCCOCCOCCN=[N+]=[N-])C(C)C)cc1. The zero-order valence-electron chi connectivity index (χ0n) is 23.9. The number of nitrogens with zero attached hydrogens (tertiary/aromatic N) is 3. The Morgan fingerprint density at radius 3 is 2.20 bits per heavy atom. The van der Waals surface area contributed by atoms with Gasteiger partial charge >= 0.3 is 6.03 Å². The van der Waals surface area contributed by atoms with Gasteiger partial charge in [-0.15, -0.1) is 0 Å². The molecule has 0 aromatic heterocycles. The van der Waals surface area contributed by atoms with E-state index >= 15 is 0 Å². The summed E-state index contributed by atoms with van der Waals surface area (Å²) >= 11 is 0. The Bertz CT molecular complexity index is 1000. The number of aryl methyl sites for hydroxylation is 1. The second kappa shape index (κ2) is 20.9. The maximum Gasteiger partial charge on any atom is 0.312 e. The predicted octanol–water partition coefficient (Wildman–Crippen LogP) is 1.37. The highest BCUT2D eigenvalue weighted by Crippen LogP contribution is 2.11. The van der Waals surface area contributed by atoms with Gasteiger partial charge in [-0.1, -0.05) is 36.7 Å². The summed E-state index contributed by atoms with van der Waals surface area (Å²) in [7, 11) is 0. The van der Waals surface area contributed by atoms with Gasteiger partial charge in [-0.05, 0) is 43.3 Å².